The number of unbranched alkanes of at least 4 members (excludes halogenated alkanes) is 7. The zero-order valence-electron chi connectivity index (χ0n) is 22.4. The van der Waals surface area contributed by atoms with Crippen LogP contribution in [0.15, 0.2) is 12.1 Å². The Morgan fingerprint density at radius 2 is 1.22 bits per heavy atom. The van der Waals surface area contributed by atoms with Gasteiger partial charge < -0.3 is 4.74 Å². The van der Waals surface area contributed by atoms with Crippen LogP contribution in [0.4, 0.5) is 17.6 Å². The lowest BCUT2D eigenvalue weighted by atomic mass is 9.68. The Bertz CT molecular complexity index is 736. The van der Waals surface area contributed by atoms with Crippen molar-refractivity contribution in [3.63, 3.8) is 0 Å². The minimum atomic E-state index is -3.16. The maximum atomic E-state index is 14.3. The zero-order valence-corrected chi connectivity index (χ0v) is 22.4. The van der Waals surface area contributed by atoms with Crippen LogP contribution in [0.2, 0.25) is 0 Å². The average molecular weight is 513 g/mol. The Hall–Kier alpha value is -1.26. The molecule has 1 aromatic rings. The molecule has 206 valence electrons. The van der Waals surface area contributed by atoms with Gasteiger partial charge in [-0.25, -0.2) is 4.39 Å². The lowest BCUT2D eigenvalue weighted by molar-refractivity contribution is -0.0525. The number of benzene rings is 1. The highest BCUT2D eigenvalue weighted by atomic mass is 19.3. The molecule has 0 saturated heterocycles. The molecule has 0 N–H and O–H groups in total. The summed E-state index contributed by atoms with van der Waals surface area (Å²) in [6.07, 6.45) is 24.4. The maximum Gasteiger partial charge on any atom is 0.387 e. The lowest BCUT2D eigenvalue weighted by Crippen LogP contribution is -2.26. The molecule has 2 fully saturated rings. The molecule has 0 heterocycles. The Labute approximate surface area is 216 Å². The standard InChI is InChI=1S/C31H48F4O/c1-2-3-4-5-6-7-8-9-10-23-11-16-25(17-12-23)26-18-13-24(14-19-26)15-20-27-21-22-28(36-31(34)35)30(33)29(27)32/h21-26,31H,2-20H2,1H3. The fourth-order valence-electron chi connectivity index (χ4n) is 6.77. The highest BCUT2D eigenvalue weighted by Gasteiger charge is 2.31. The highest BCUT2D eigenvalue weighted by Crippen LogP contribution is 2.43. The van der Waals surface area contributed by atoms with Gasteiger partial charge in [-0.1, -0.05) is 96.5 Å². The summed E-state index contributed by atoms with van der Waals surface area (Å²) >= 11 is 0. The molecule has 0 bridgehead atoms. The van der Waals surface area contributed by atoms with E-state index in [2.05, 4.69) is 11.7 Å². The van der Waals surface area contributed by atoms with Gasteiger partial charge >= 0.3 is 6.61 Å². The molecule has 5 heteroatoms. The molecule has 2 aliphatic rings. The molecule has 0 amide bonds. The van der Waals surface area contributed by atoms with Crippen molar-refractivity contribution in [2.45, 2.75) is 136 Å². The van der Waals surface area contributed by atoms with Crippen LogP contribution in [0.1, 0.15) is 128 Å². The fourth-order valence-corrected chi connectivity index (χ4v) is 6.77. The van der Waals surface area contributed by atoms with Gasteiger partial charge in [-0.2, -0.15) is 13.2 Å². The van der Waals surface area contributed by atoms with Crippen molar-refractivity contribution in [1.82, 2.24) is 0 Å². The number of ether oxygens (including phenoxy) is 1. The summed E-state index contributed by atoms with van der Waals surface area (Å²) in [4.78, 5) is 0. The SMILES string of the molecule is CCCCCCCCCCC1CCC(C2CCC(CCc3ccc(OC(F)F)c(F)c3F)CC2)CC1. The van der Waals surface area contributed by atoms with Crippen LogP contribution < -0.4 is 4.74 Å². The summed E-state index contributed by atoms with van der Waals surface area (Å²) in [7, 11) is 0. The average Bonchev–Trinajstić information content (AvgIpc) is 2.88. The Balaban J connectivity index is 1.28. The maximum absolute atomic E-state index is 14.3. The molecular weight excluding hydrogens is 464 g/mol. The number of rotatable bonds is 15. The van der Waals surface area contributed by atoms with E-state index >= 15 is 0 Å². The van der Waals surface area contributed by atoms with Crippen LogP contribution in [-0.4, -0.2) is 6.61 Å². The normalized spacial score (nSPS) is 24.8. The fraction of sp³-hybridized carbons (Fsp3) is 0.806. The van der Waals surface area contributed by atoms with E-state index in [0.717, 1.165) is 30.2 Å². The molecule has 2 aliphatic carbocycles. The summed E-state index contributed by atoms with van der Waals surface area (Å²) in [6.45, 7) is -0.887. The third-order valence-corrected chi connectivity index (χ3v) is 9.08. The van der Waals surface area contributed by atoms with Crippen LogP contribution >= 0.6 is 0 Å². The summed E-state index contributed by atoms with van der Waals surface area (Å²) < 4.78 is 56.9. The number of hydrogen-bond donors (Lipinski definition) is 0. The molecule has 0 aromatic heterocycles. The summed E-state index contributed by atoms with van der Waals surface area (Å²) in [6, 6.07) is 2.50. The number of halogens is 4. The molecule has 3 rings (SSSR count). The van der Waals surface area contributed by atoms with Crippen LogP contribution in [0, 0.1) is 35.3 Å². The van der Waals surface area contributed by atoms with Crippen molar-refractivity contribution in [2.24, 2.45) is 23.7 Å². The van der Waals surface area contributed by atoms with Gasteiger partial charge in [0.1, 0.15) is 0 Å². The molecule has 0 spiro atoms. The van der Waals surface area contributed by atoms with Crippen LogP contribution in [0.25, 0.3) is 0 Å². The van der Waals surface area contributed by atoms with Crippen LogP contribution in [-0.2, 0) is 6.42 Å². The van der Waals surface area contributed by atoms with E-state index < -0.39 is 24.0 Å². The quantitative estimate of drug-likeness (QED) is 0.168. The van der Waals surface area contributed by atoms with E-state index in [0.29, 0.717) is 12.3 Å². The van der Waals surface area contributed by atoms with Gasteiger partial charge in [0.15, 0.2) is 11.6 Å². The molecule has 2 saturated carbocycles. The summed E-state index contributed by atoms with van der Waals surface area (Å²) in [5.41, 5.74) is 0.256. The molecule has 0 radical (unpaired) electrons. The minimum Gasteiger partial charge on any atom is -0.432 e. The smallest absolute Gasteiger partial charge is 0.387 e. The van der Waals surface area contributed by atoms with Crippen molar-refractivity contribution < 1.29 is 22.3 Å². The Morgan fingerprint density at radius 3 is 1.78 bits per heavy atom. The Kier molecular flexibility index (Phi) is 12.9. The first-order valence-corrected chi connectivity index (χ1v) is 14.9. The summed E-state index contributed by atoms with van der Waals surface area (Å²) in [5.74, 6) is 0.129. The van der Waals surface area contributed by atoms with E-state index in [1.54, 1.807) is 0 Å². The zero-order chi connectivity index (χ0) is 25.8. The van der Waals surface area contributed by atoms with Crippen molar-refractivity contribution in [3.8, 4) is 5.75 Å². The topological polar surface area (TPSA) is 9.23 Å². The summed E-state index contributed by atoms with van der Waals surface area (Å²) in [5, 5.41) is 0. The second-order valence-electron chi connectivity index (χ2n) is 11.6. The number of hydrogen-bond acceptors (Lipinski definition) is 1. The molecule has 1 nitrogen and oxygen atoms in total. The highest BCUT2D eigenvalue weighted by molar-refractivity contribution is 5.31. The van der Waals surface area contributed by atoms with E-state index in [4.69, 9.17) is 0 Å². The largest absolute Gasteiger partial charge is 0.432 e. The third kappa shape index (κ3) is 9.56. The number of aryl methyl sites for hydroxylation is 1. The lowest BCUT2D eigenvalue weighted by Gasteiger charge is -2.38. The second-order valence-corrected chi connectivity index (χ2v) is 11.6. The molecule has 36 heavy (non-hydrogen) atoms. The predicted molar refractivity (Wildman–Crippen MR) is 139 cm³/mol. The van der Waals surface area contributed by atoms with Crippen molar-refractivity contribution in [1.29, 1.82) is 0 Å². The van der Waals surface area contributed by atoms with Gasteiger partial charge in [0.2, 0.25) is 5.82 Å². The van der Waals surface area contributed by atoms with E-state index in [9.17, 15) is 17.6 Å². The second kappa shape index (κ2) is 15.9. The first-order valence-electron chi connectivity index (χ1n) is 14.9. The van der Waals surface area contributed by atoms with Gasteiger partial charge in [-0.15, -0.1) is 0 Å². The molecule has 0 unspecified atom stereocenters. The van der Waals surface area contributed by atoms with Gasteiger partial charge in [-0.3, -0.25) is 0 Å². The van der Waals surface area contributed by atoms with Crippen molar-refractivity contribution in [3.05, 3.63) is 29.3 Å². The van der Waals surface area contributed by atoms with E-state index in [1.165, 1.54) is 115 Å². The first kappa shape index (κ1) is 29.3. The van der Waals surface area contributed by atoms with Crippen LogP contribution in [0.3, 0.4) is 0 Å². The van der Waals surface area contributed by atoms with Gasteiger partial charge in [0.25, 0.3) is 0 Å². The van der Waals surface area contributed by atoms with E-state index in [-0.39, 0.29) is 5.56 Å². The van der Waals surface area contributed by atoms with Crippen molar-refractivity contribution in [2.75, 3.05) is 0 Å². The molecule has 0 aliphatic heterocycles. The van der Waals surface area contributed by atoms with Gasteiger partial charge in [-0.05, 0) is 73.8 Å². The minimum absolute atomic E-state index is 0.256. The van der Waals surface area contributed by atoms with E-state index in [1.807, 2.05) is 0 Å². The first-order chi connectivity index (χ1) is 17.5. The third-order valence-electron chi connectivity index (χ3n) is 9.08. The predicted octanol–water partition coefficient (Wildman–Crippen LogP) is 10.6. The van der Waals surface area contributed by atoms with Gasteiger partial charge in [0, 0.05) is 0 Å². The molecule has 0 atom stereocenters. The monoisotopic (exact) mass is 512 g/mol. The Morgan fingerprint density at radius 1 is 0.694 bits per heavy atom. The van der Waals surface area contributed by atoms with Crippen molar-refractivity contribution >= 4 is 0 Å². The molecule has 1 aromatic carbocycles. The van der Waals surface area contributed by atoms with Gasteiger partial charge in [0.05, 0.1) is 0 Å². The number of alkyl halides is 2. The molecular formula is C31H48F4O. The van der Waals surface area contributed by atoms with Crippen LogP contribution in [0.5, 0.6) is 5.75 Å².